The SMILES string of the molecule is Cc1ccccc1N(C=O)C(=O)[C@H]1[C@H](C)[C@@H]2C=C[C@@H]1C21CC1. The van der Waals surface area contributed by atoms with Crippen molar-refractivity contribution < 1.29 is 9.59 Å². The van der Waals surface area contributed by atoms with E-state index in [0.29, 0.717) is 35.3 Å². The number of allylic oxidation sites excluding steroid dienone is 2. The Bertz CT molecular complexity index is 674. The summed E-state index contributed by atoms with van der Waals surface area (Å²) < 4.78 is 0. The molecule has 0 aromatic heterocycles. The van der Waals surface area contributed by atoms with Crippen LogP contribution in [0, 0.1) is 36.0 Å². The van der Waals surface area contributed by atoms with Gasteiger partial charge in [-0.3, -0.25) is 14.5 Å². The normalized spacial score (nSPS) is 33.2. The first-order chi connectivity index (χ1) is 10.6. The number of benzene rings is 1. The molecule has 2 bridgehead atoms. The van der Waals surface area contributed by atoms with Gasteiger partial charge in [-0.2, -0.15) is 0 Å². The third-order valence-corrected chi connectivity index (χ3v) is 6.20. The number of rotatable bonds is 3. The highest BCUT2D eigenvalue weighted by atomic mass is 16.2. The van der Waals surface area contributed by atoms with Gasteiger partial charge in [0.2, 0.25) is 12.3 Å². The van der Waals surface area contributed by atoms with E-state index in [0.717, 1.165) is 5.56 Å². The number of carbonyl (C=O) groups excluding carboxylic acids is 2. The second kappa shape index (κ2) is 4.55. The minimum atomic E-state index is -0.0534. The fraction of sp³-hybridized carbons (Fsp3) is 0.474. The number of hydrogen-bond donors (Lipinski definition) is 0. The van der Waals surface area contributed by atoms with Gasteiger partial charge >= 0.3 is 0 Å². The van der Waals surface area contributed by atoms with E-state index in [1.54, 1.807) is 0 Å². The molecule has 0 unspecified atom stereocenters. The Morgan fingerprint density at radius 2 is 1.91 bits per heavy atom. The second-order valence-corrected chi connectivity index (χ2v) is 7.15. The Balaban J connectivity index is 1.68. The van der Waals surface area contributed by atoms with Crippen molar-refractivity contribution >= 4 is 18.0 Å². The fourth-order valence-corrected chi connectivity index (χ4v) is 4.98. The topological polar surface area (TPSA) is 37.4 Å². The maximum atomic E-state index is 13.1. The van der Waals surface area contributed by atoms with Crippen LogP contribution in [0.3, 0.4) is 0 Å². The van der Waals surface area contributed by atoms with Crippen LogP contribution < -0.4 is 4.90 Å². The molecule has 22 heavy (non-hydrogen) atoms. The molecule has 4 atom stereocenters. The molecule has 4 rings (SSSR count). The van der Waals surface area contributed by atoms with Crippen LogP contribution in [0.1, 0.15) is 25.3 Å². The van der Waals surface area contributed by atoms with Crippen LogP contribution in [0.2, 0.25) is 0 Å². The highest BCUT2D eigenvalue weighted by Gasteiger charge is 2.67. The Morgan fingerprint density at radius 1 is 1.23 bits per heavy atom. The standard InChI is InChI=1S/C19H21NO2/c1-12-5-3-4-6-16(12)20(11-21)18(22)17-13(2)14-7-8-15(17)19(14)9-10-19/h3-8,11,13-15,17H,9-10H2,1-2H3/t13-,14+,15+,17+/m1/s1. The molecule has 0 aliphatic heterocycles. The van der Waals surface area contributed by atoms with Gasteiger partial charge in [0.05, 0.1) is 5.69 Å². The summed E-state index contributed by atoms with van der Waals surface area (Å²) in [7, 11) is 0. The Labute approximate surface area is 131 Å². The van der Waals surface area contributed by atoms with Gasteiger partial charge in [-0.25, -0.2) is 0 Å². The first-order valence-corrected chi connectivity index (χ1v) is 8.12. The van der Waals surface area contributed by atoms with Gasteiger partial charge < -0.3 is 0 Å². The van der Waals surface area contributed by atoms with Crippen LogP contribution in [0.4, 0.5) is 5.69 Å². The molecule has 2 fully saturated rings. The van der Waals surface area contributed by atoms with Crippen LogP contribution >= 0.6 is 0 Å². The summed E-state index contributed by atoms with van der Waals surface area (Å²) in [6, 6.07) is 7.58. The summed E-state index contributed by atoms with van der Waals surface area (Å²) in [6.45, 7) is 4.11. The Morgan fingerprint density at radius 3 is 2.50 bits per heavy atom. The third kappa shape index (κ3) is 1.62. The van der Waals surface area contributed by atoms with Gasteiger partial charge in [-0.05, 0) is 54.6 Å². The lowest BCUT2D eigenvalue weighted by Crippen LogP contribution is -2.40. The lowest BCUT2D eigenvalue weighted by atomic mass is 9.83. The van der Waals surface area contributed by atoms with Crippen LogP contribution in [0.15, 0.2) is 36.4 Å². The van der Waals surface area contributed by atoms with E-state index in [1.807, 2.05) is 31.2 Å². The van der Waals surface area contributed by atoms with Crippen LogP contribution in [0.25, 0.3) is 0 Å². The Hall–Kier alpha value is -1.90. The maximum absolute atomic E-state index is 13.1. The maximum Gasteiger partial charge on any atom is 0.237 e. The number of nitrogens with zero attached hydrogens (tertiary/aromatic N) is 1. The van der Waals surface area contributed by atoms with Crippen molar-refractivity contribution in [3.05, 3.63) is 42.0 Å². The van der Waals surface area contributed by atoms with Crippen molar-refractivity contribution in [3.8, 4) is 0 Å². The summed E-state index contributed by atoms with van der Waals surface area (Å²) in [4.78, 5) is 26.1. The summed E-state index contributed by atoms with van der Waals surface area (Å²) in [5, 5.41) is 0. The Kier molecular flexibility index (Phi) is 2.84. The molecule has 3 aliphatic rings. The second-order valence-electron chi connectivity index (χ2n) is 7.15. The van der Waals surface area contributed by atoms with E-state index < -0.39 is 0 Å². The molecule has 1 aromatic rings. The molecule has 0 radical (unpaired) electrons. The largest absolute Gasteiger partial charge is 0.278 e. The molecule has 2 amide bonds. The van der Waals surface area contributed by atoms with E-state index in [4.69, 9.17) is 0 Å². The molecular formula is C19H21NO2. The molecule has 3 nitrogen and oxygen atoms in total. The third-order valence-electron chi connectivity index (χ3n) is 6.20. The average Bonchev–Trinajstić information content (AvgIpc) is 3.17. The number of imide groups is 1. The molecule has 114 valence electrons. The molecule has 0 saturated heterocycles. The monoisotopic (exact) mass is 295 g/mol. The molecular weight excluding hydrogens is 274 g/mol. The summed E-state index contributed by atoms with van der Waals surface area (Å²) in [5.41, 5.74) is 2.02. The number of aryl methyl sites for hydroxylation is 1. The van der Waals surface area contributed by atoms with Crippen molar-refractivity contribution in [1.82, 2.24) is 0 Å². The minimum Gasteiger partial charge on any atom is -0.278 e. The molecule has 1 spiro atoms. The molecule has 0 heterocycles. The van der Waals surface area contributed by atoms with Crippen molar-refractivity contribution in [1.29, 1.82) is 0 Å². The van der Waals surface area contributed by atoms with E-state index in [9.17, 15) is 9.59 Å². The van der Waals surface area contributed by atoms with Crippen molar-refractivity contribution in [3.63, 3.8) is 0 Å². The number of para-hydroxylation sites is 1. The quantitative estimate of drug-likeness (QED) is 0.633. The zero-order valence-corrected chi connectivity index (χ0v) is 13.0. The van der Waals surface area contributed by atoms with Gasteiger partial charge in [0.1, 0.15) is 0 Å². The average molecular weight is 295 g/mol. The smallest absolute Gasteiger partial charge is 0.237 e. The predicted molar refractivity (Wildman–Crippen MR) is 85.2 cm³/mol. The van der Waals surface area contributed by atoms with Crippen molar-refractivity contribution in [2.24, 2.45) is 29.1 Å². The minimum absolute atomic E-state index is 0.0278. The molecule has 3 heteroatoms. The number of hydrogen-bond acceptors (Lipinski definition) is 2. The van der Waals surface area contributed by atoms with Crippen LogP contribution in [-0.2, 0) is 9.59 Å². The fourth-order valence-electron chi connectivity index (χ4n) is 4.98. The van der Waals surface area contributed by atoms with Crippen LogP contribution in [0.5, 0.6) is 0 Å². The lowest BCUT2D eigenvalue weighted by Gasteiger charge is -2.28. The van der Waals surface area contributed by atoms with Gasteiger partial charge in [0, 0.05) is 5.92 Å². The predicted octanol–water partition coefficient (Wildman–Crippen LogP) is 3.33. The van der Waals surface area contributed by atoms with Gasteiger partial charge in [0.25, 0.3) is 0 Å². The summed E-state index contributed by atoms with van der Waals surface area (Å²) >= 11 is 0. The van der Waals surface area contributed by atoms with Crippen LogP contribution in [-0.4, -0.2) is 12.3 Å². The first kappa shape index (κ1) is 13.7. The van der Waals surface area contributed by atoms with Gasteiger partial charge in [-0.1, -0.05) is 37.3 Å². The van der Waals surface area contributed by atoms with Crippen molar-refractivity contribution in [2.45, 2.75) is 26.7 Å². The summed E-state index contributed by atoms with van der Waals surface area (Å²) in [5.74, 6) is 1.10. The molecule has 1 aromatic carbocycles. The van der Waals surface area contributed by atoms with Gasteiger partial charge in [0.15, 0.2) is 0 Å². The first-order valence-electron chi connectivity index (χ1n) is 8.12. The van der Waals surface area contributed by atoms with Crippen molar-refractivity contribution in [2.75, 3.05) is 4.90 Å². The van der Waals surface area contributed by atoms with E-state index >= 15 is 0 Å². The zero-order chi connectivity index (χ0) is 15.5. The van der Waals surface area contributed by atoms with E-state index in [2.05, 4.69) is 19.1 Å². The van der Waals surface area contributed by atoms with E-state index in [1.165, 1.54) is 17.7 Å². The number of amides is 2. The highest BCUT2D eigenvalue weighted by molar-refractivity contribution is 6.09. The number of carbonyl (C=O) groups is 2. The lowest BCUT2D eigenvalue weighted by molar-refractivity contribution is -0.126. The molecule has 3 aliphatic carbocycles. The number of anilines is 1. The van der Waals surface area contributed by atoms with E-state index in [-0.39, 0.29) is 11.8 Å². The zero-order valence-electron chi connectivity index (χ0n) is 13.0. The molecule has 0 N–H and O–H groups in total. The molecule has 2 saturated carbocycles. The highest BCUT2D eigenvalue weighted by Crippen LogP contribution is 2.72. The van der Waals surface area contributed by atoms with Gasteiger partial charge in [-0.15, -0.1) is 0 Å². The summed E-state index contributed by atoms with van der Waals surface area (Å²) in [6.07, 6.45) is 7.70.